The number of carbonyl (C=O) groups excluding carboxylic acids is 2. The number of hydrogen-bond donors (Lipinski definition) is 1. The number of hydrogen-bond acceptors (Lipinski definition) is 6. The number of methoxy groups -OCH3 is 1. The first-order chi connectivity index (χ1) is 11.0. The van der Waals surface area contributed by atoms with Crippen molar-refractivity contribution in [3.05, 3.63) is 64.6 Å². The monoisotopic (exact) mass is 309 g/mol. The Morgan fingerprint density at radius 2 is 1.61 bits per heavy atom. The first-order valence-corrected chi connectivity index (χ1v) is 7.06. The zero-order valence-electron chi connectivity index (χ0n) is 13.0. The predicted molar refractivity (Wildman–Crippen MR) is 84.3 cm³/mol. The molecule has 0 bridgehead atoms. The van der Waals surface area contributed by atoms with Crippen LogP contribution in [0.5, 0.6) is 0 Å². The van der Waals surface area contributed by atoms with E-state index >= 15 is 0 Å². The van der Waals surface area contributed by atoms with E-state index in [4.69, 9.17) is 4.74 Å². The van der Waals surface area contributed by atoms with Crippen molar-refractivity contribution in [2.75, 3.05) is 12.4 Å². The maximum Gasteiger partial charge on any atom is 0.250 e. The highest BCUT2D eigenvalue weighted by Crippen LogP contribution is 2.26. The van der Waals surface area contributed by atoms with Crippen molar-refractivity contribution < 1.29 is 14.3 Å². The fraction of sp³-hybridized carbons (Fsp3) is 0.176. The minimum atomic E-state index is -0.457. The number of carbonyl (C=O) groups is 2. The molecule has 0 atom stereocenters. The molecule has 1 aliphatic carbocycles. The number of anilines is 1. The number of nitrogens with one attached hydrogen (secondary N) is 1. The van der Waals surface area contributed by atoms with Gasteiger partial charge in [0.2, 0.25) is 5.78 Å². The van der Waals surface area contributed by atoms with Gasteiger partial charge in [-0.15, -0.1) is 0 Å². The predicted octanol–water partition coefficient (Wildman–Crippen LogP) is 2.44. The SMILES string of the molecule is COC1=C(Nc2ccc(C)c(C)c2)C(=O)c2nccnc2C1=O. The summed E-state index contributed by atoms with van der Waals surface area (Å²) in [6.45, 7) is 3.97. The third-order valence-electron chi connectivity index (χ3n) is 3.77. The average molecular weight is 309 g/mol. The van der Waals surface area contributed by atoms with E-state index in [1.807, 2.05) is 32.0 Å². The Hall–Kier alpha value is -3.02. The van der Waals surface area contributed by atoms with Crippen LogP contribution >= 0.6 is 0 Å². The Morgan fingerprint density at radius 1 is 0.957 bits per heavy atom. The van der Waals surface area contributed by atoms with Gasteiger partial charge < -0.3 is 10.1 Å². The summed E-state index contributed by atoms with van der Waals surface area (Å²) in [6.07, 6.45) is 2.76. The van der Waals surface area contributed by atoms with Crippen molar-refractivity contribution in [2.24, 2.45) is 0 Å². The van der Waals surface area contributed by atoms with Crippen molar-refractivity contribution in [1.29, 1.82) is 0 Å². The van der Waals surface area contributed by atoms with Gasteiger partial charge >= 0.3 is 0 Å². The van der Waals surface area contributed by atoms with Crippen molar-refractivity contribution in [3.8, 4) is 0 Å². The highest BCUT2D eigenvalue weighted by molar-refractivity contribution is 6.25. The number of rotatable bonds is 3. The molecular weight excluding hydrogens is 294 g/mol. The summed E-state index contributed by atoms with van der Waals surface area (Å²) in [7, 11) is 1.35. The van der Waals surface area contributed by atoms with E-state index in [0.29, 0.717) is 5.69 Å². The zero-order valence-corrected chi connectivity index (χ0v) is 13.0. The summed E-state index contributed by atoms with van der Waals surface area (Å²) in [4.78, 5) is 33.0. The van der Waals surface area contributed by atoms with Gasteiger partial charge in [0.25, 0.3) is 5.78 Å². The molecule has 1 aromatic heterocycles. The number of benzene rings is 1. The number of fused-ring (bicyclic) bond motifs is 1. The maximum absolute atomic E-state index is 12.6. The number of ketones is 2. The second-order valence-electron chi connectivity index (χ2n) is 5.24. The van der Waals surface area contributed by atoms with Crippen LogP contribution < -0.4 is 5.32 Å². The van der Waals surface area contributed by atoms with E-state index in [0.717, 1.165) is 11.1 Å². The van der Waals surface area contributed by atoms with Crippen LogP contribution in [-0.2, 0) is 4.74 Å². The van der Waals surface area contributed by atoms with E-state index in [-0.39, 0.29) is 22.8 Å². The highest BCUT2D eigenvalue weighted by atomic mass is 16.5. The van der Waals surface area contributed by atoms with Gasteiger partial charge in [0.05, 0.1) is 7.11 Å². The third-order valence-corrected chi connectivity index (χ3v) is 3.77. The van der Waals surface area contributed by atoms with Crippen LogP contribution in [0.4, 0.5) is 5.69 Å². The van der Waals surface area contributed by atoms with Crippen LogP contribution in [0, 0.1) is 13.8 Å². The van der Waals surface area contributed by atoms with Crippen LogP contribution in [0.15, 0.2) is 42.0 Å². The van der Waals surface area contributed by atoms with Crippen molar-refractivity contribution >= 4 is 17.3 Å². The highest BCUT2D eigenvalue weighted by Gasteiger charge is 2.35. The van der Waals surface area contributed by atoms with Crippen molar-refractivity contribution in [2.45, 2.75) is 13.8 Å². The molecule has 0 radical (unpaired) electrons. The average Bonchev–Trinajstić information content (AvgIpc) is 2.56. The number of allylic oxidation sites excluding steroid dienone is 2. The zero-order chi connectivity index (χ0) is 16.6. The van der Waals surface area contributed by atoms with Crippen molar-refractivity contribution in [1.82, 2.24) is 9.97 Å². The fourth-order valence-electron chi connectivity index (χ4n) is 2.38. The molecule has 23 heavy (non-hydrogen) atoms. The molecule has 0 saturated heterocycles. The smallest absolute Gasteiger partial charge is 0.250 e. The Kier molecular flexibility index (Phi) is 3.65. The van der Waals surface area contributed by atoms with Crippen LogP contribution in [0.1, 0.15) is 32.1 Å². The van der Waals surface area contributed by atoms with Gasteiger partial charge in [-0.1, -0.05) is 6.07 Å². The number of aromatic nitrogens is 2. The molecule has 0 spiro atoms. The van der Waals surface area contributed by atoms with E-state index < -0.39 is 11.6 Å². The van der Waals surface area contributed by atoms with E-state index in [2.05, 4.69) is 15.3 Å². The van der Waals surface area contributed by atoms with Crippen LogP contribution in [0.3, 0.4) is 0 Å². The van der Waals surface area contributed by atoms with E-state index in [1.165, 1.54) is 19.5 Å². The topological polar surface area (TPSA) is 81.2 Å². The number of nitrogens with zero attached hydrogens (tertiary/aromatic N) is 2. The van der Waals surface area contributed by atoms with Gasteiger partial charge in [-0.2, -0.15) is 0 Å². The lowest BCUT2D eigenvalue weighted by Crippen LogP contribution is -2.28. The van der Waals surface area contributed by atoms with E-state index in [9.17, 15) is 9.59 Å². The fourth-order valence-corrected chi connectivity index (χ4v) is 2.38. The summed E-state index contributed by atoms with van der Waals surface area (Å²) >= 11 is 0. The van der Waals surface area contributed by atoms with Crippen molar-refractivity contribution in [3.63, 3.8) is 0 Å². The van der Waals surface area contributed by atoms with Gasteiger partial charge in [-0.25, -0.2) is 9.97 Å². The number of Topliss-reactive ketones (excluding diaryl/α,β-unsaturated/α-hetero) is 2. The van der Waals surface area contributed by atoms with Gasteiger partial charge in [-0.3, -0.25) is 9.59 Å². The lowest BCUT2D eigenvalue weighted by molar-refractivity contribution is 0.0899. The minimum absolute atomic E-state index is 0.0139. The molecule has 2 aromatic rings. The molecule has 1 N–H and O–H groups in total. The Balaban J connectivity index is 2.07. The third kappa shape index (κ3) is 2.48. The molecule has 6 nitrogen and oxygen atoms in total. The summed E-state index contributed by atoms with van der Waals surface area (Å²) < 4.78 is 5.15. The molecule has 3 rings (SSSR count). The summed E-state index contributed by atoms with van der Waals surface area (Å²) in [6, 6.07) is 5.68. The molecular formula is C17H15N3O3. The number of ether oxygens (including phenoxy) is 1. The first kappa shape index (κ1) is 14.9. The van der Waals surface area contributed by atoms with E-state index in [1.54, 1.807) is 0 Å². The van der Waals surface area contributed by atoms with Gasteiger partial charge in [0.1, 0.15) is 17.1 Å². The quantitative estimate of drug-likeness (QED) is 0.938. The standard InChI is InChI=1S/C17H15N3O3/c1-9-4-5-11(8-10(9)2)20-14-15(21)12-13(19-7-6-18-12)16(22)17(14)23-3/h4-8,20H,1-3H3. The largest absolute Gasteiger partial charge is 0.491 e. The van der Waals surface area contributed by atoms with Crippen LogP contribution in [0.2, 0.25) is 0 Å². The Bertz CT molecular complexity index is 856. The molecule has 1 heterocycles. The first-order valence-electron chi connectivity index (χ1n) is 7.06. The number of aryl methyl sites for hydroxylation is 2. The van der Waals surface area contributed by atoms with Gasteiger partial charge in [0.15, 0.2) is 5.76 Å². The molecule has 0 fully saturated rings. The molecule has 1 aromatic carbocycles. The van der Waals surface area contributed by atoms with Gasteiger partial charge in [0, 0.05) is 18.1 Å². The molecule has 6 heteroatoms. The summed E-state index contributed by atoms with van der Waals surface area (Å²) in [5.74, 6) is -0.925. The van der Waals surface area contributed by atoms with Crippen LogP contribution in [-0.4, -0.2) is 28.6 Å². The summed E-state index contributed by atoms with van der Waals surface area (Å²) in [5.41, 5.74) is 3.03. The maximum atomic E-state index is 12.6. The lowest BCUT2D eigenvalue weighted by atomic mass is 9.99. The molecule has 0 unspecified atom stereocenters. The van der Waals surface area contributed by atoms with Crippen LogP contribution in [0.25, 0.3) is 0 Å². The molecule has 0 aliphatic heterocycles. The molecule has 116 valence electrons. The Morgan fingerprint density at radius 3 is 2.22 bits per heavy atom. The summed E-state index contributed by atoms with van der Waals surface area (Å²) in [5, 5.41) is 2.99. The minimum Gasteiger partial charge on any atom is -0.491 e. The normalized spacial score (nSPS) is 13.9. The second kappa shape index (κ2) is 5.64. The lowest BCUT2D eigenvalue weighted by Gasteiger charge is -2.19. The van der Waals surface area contributed by atoms with Gasteiger partial charge in [-0.05, 0) is 37.1 Å². The second-order valence-corrected chi connectivity index (χ2v) is 5.24. The molecule has 0 saturated carbocycles. The Labute approximate surface area is 133 Å². The molecule has 0 amide bonds. The molecule has 1 aliphatic rings.